The van der Waals surface area contributed by atoms with Gasteiger partial charge in [0.1, 0.15) is 6.26 Å². The van der Waals surface area contributed by atoms with E-state index < -0.39 is 0 Å². The zero-order chi connectivity index (χ0) is 7.61. The maximum atomic E-state index is 4.70. The van der Waals surface area contributed by atoms with Gasteiger partial charge < -0.3 is 4.84 Å². The van der Waals surface area contributed by atoms with Crippen molar-refractivity contribution in [2.24, 2.45) is 16.5 Å². The van der Waals surface area contributed by atoms with Crippen LogP contribution in [-0.2, 0) is 4.84 Å². The minimum atomic E-state index is 0.0816. The molecule has 1 aliphatic heterocycles. The van der Waals surface area contributed by atoms with E-state index in [0.717, 1.165) is 0 Å². The van der Waals surface area contributed by atoms with E-state index in [9.17, 15) is 0 Å². The summed E-state index contributed by atoms with van der Waals surface area (Å²) in [4.78, 5) is 4.70. The summed E-state index contributed by atoms with van der Waals surface area (Å²) in [6.45, 7) is 6.48. The predicted octanol–water partition coefficient (Wildman–Crippen LogP) is 2.18. The van der Waals surface area contributed by atoms with Gasteiger partial charge in [0.15, 0.2) is 0 Å². The third-order valence-corrected chi connectivity index (χ3v) is 2.12. The molecule has 0 bridgehead atoms. The second-order valence-corrected chi connectivity index (χ2v) is 3.16. The van der Waals surface area contributed by atoms with Gasteiger partial charge in [-0.2, -0.15) is 0 Å². The lowest BCUT2D eigenvalue weighted by Gasteiger charge is -2.26. The highest BCUT2D eigenvalue weighted by Crippen LogP contribution is 2.28. The Balaban J connectivity index is 2.75. The third-order valence-electron chi connectivity index (χ3n) is 2.12. The first-order valence-corrected chi connectivity index (χ1v) is 3.53. The molecule has 0 aromatic carbocycles. The van der Waals surface area contributed by atoms with Crippen molar-refractivity contribution < 1.29 is 4.84 Å². The molecule has 1 unspecified atom stereocenters. The molecule has 0 saturated carbocycles. The lowest BCUT2D eigenvalue weighted by atomic mass is 9.80. The molecule has 0 aromatic heterocycles. The second kappa shape index (κ2) is 2.45. The van der Waals surface area contributed by atoms with Crippen LogP contribution in [0.1, 0.15) is 20.8 Å². The molecule has 0 spiro atoms. The summed E-state index contributed by atoms with van der Waals surface area (Å²) in [5.74, 6) is 0.566. The Morgan fingerprint density at radius 2 is 2.20 bits per heavy atom. The van der Waals surface area contributed by atoms with Crippen molar-refractivity contribution in [3.05, 3.63) is 12.3 Å². The van der Waals surface area contributed by atoms with Crippen LogP contribution in [0.15, 0.2) is 17.5 Å². The average Bonchev–Trinajstić information content (AvgIpc) is 1.89. The number of nitrogens with zero attached hydrogens (tertiary/aromatic N) is 1. The summed E-state index contributed by atoms with van der Waals surface area (Å²) in [6, 6.07) is 0. The summed E-state index contributed by atoms with van der Waals surface area (Å²) in [5.41, 5.74) is 0.0816. The first-order valence-electron chi connectivity index (χ1n) is 3.53. The lowest BCUT2D eigenvalue weighted by molar-refractivity contribution is 0.241. The largest absolute Gasteiger partial charge is 0.365 e. The van der Waals surface area contributed by atoms with Crippen molar-refractivity contribution in [3.63, 3.8) is 0 Å². The fourth-order valence-corrected chi connectivity index (χ4v) is 0.741. The molecule has 1 rings (SSSR count). The molecule has 0 aromatic rings. The molecule has 2 heteroatoms. The molecule has 0 saturated heterocycles. The monoisotopic (exact) mass is 139 g/mol. The maximum Gasteiger partial charge on any atom is 0.119 e. The summed E-state index contributed by atoms with van der Waals surface area (Å²) in [5, 5.41) is 3.74. The highest BCUT2D eigenvalue weighted by atomic mass is 16.6. The second-order valence-electron chi connectivity index (χ2n) is 3.16. The van der Waals surface area contributed by atoms with Crippen LogP contribution in [0.3, 0.4) is 0 Å². The van der Waals surface area contributed by atoms with E-state index in [-0.39, 0.29) is 5.41 Å². The van der Waals surface area contributed by atoms with Gasteiger partial charge >= 0.3 is 0 Å². The fourth-order valence-electron chi connectivity index (χ4n) is 0.741. The molecule has 1 aliphatic rings. The molecule has 0 fully saturated rings. The van der Waals surface area contributed by atoms with Crippen LogP contribution >= 0.6 is 0 Å². The average molecular weight is 139 g/mol. The van der Waals surface area contributed by atoms with Crippen molar-refractivity contribution in [2.75, 3.05) is 0 Å². The molecule has 10 heavy (non-hydrogen) atoms. The first kappa shape index (κ1) is 7.32. The van der Waals surface area contributed by atoms with Gasteiger partial charge in [-0.1, -0.05) is 25.9 Å². The van der Waals surface area contributed by atoms with Crippen molar-refractivity contribution in [2.45, 2.75) is 20.8 Å². The van der Waals surface area contributed by atoms with Gasteiger partial charge in [0.2, 0.25) is 0 Å². The minimum Gasteiger partial charge on any atom is -0.365 e. The summed E-state index contributed by atoms with van der Waals surface area (Å²) in [6.07, 6.45) is 5.52. The number of hydrogen-bond acceptors (Lipinski definition) is 2. The van der Waals surface area contributed by atoms with Crippen LogP contribution in [0.4, 0.5) is 0 Å². The molecule has 0 N–H and O–H groups in total. The normalized spacial score (nSPS) is 30.8. The molecular weight excluding hydrogens is 126 g/mol. The van der Waals surface area contributed by atoms with Crippen molar-refractivity contribution in [3.8, 4) is 0 Å². The Hall–Kier alpha value is -0.790. The van der Waals surface area contributed by atoms with Crippen LogP contribution in [0.5, 0.6) is 0 Å². The van der Waals surface area contributed by atoms with Crippen molar-refractivity contribution in [1.82, 2.24) is 0 Å². The van der Waals surface area contributed by atoms with E-state index in [2.05, 4.69) is 25.9 Å². The number of oxime groups is 1. The van der Waals surface area contributed by atoms with E-state index in [1.54, 1.807) is 6.26 Å². The molecule has 0 amide bonds. The Morgan fingerprint density at radius 3 is 2.50 bits per heavy atom. The van der Waals surface area contributed by atoms with E-state index in [1.807, 2.05) is 12.3 Å². The van der Waals surface area contributed by atoms with E-state index in [4.69, 9.17) is 4.84 Å². The molecule has 56 valence electrons. The predicted molar refractivity (Wildman–Crippen MR) is 41.7 cm³/mol. The molecule has 0 aliphatic carbocycles. The highest BCUT2D eigenvalue weighted by Gasteiger charge is 2.24. The quantitative estimate of drug-likeness (QED) is 0.545. The highest BCUT2D eigenvalue weighted by molar-refractivity contribution is 5.68. The third kappa shape index (κ3) is 1.20. The van der Waals surface area contributed by atoms with Crippen LogP contribution in [0.2, 0.25) is 0 Å². The molecular formula is C8H13NO. The summed E-state index contributed by atoms with van der Waals surface area (Å²) >= 11 is 0. The standard InChI is InChI=1S/C8H13NO/c1-7(2)8(3)4-5-10-9-6-8/h4-7H,1-3H3. The molecule has 1 heterocycles. The van der Waals surface area contributed by atoms with Gasteiger partial charge in [0.05, 0.1) is 6.21 Å². The van der Waals surface area contributed by atoms with Crippen LogP contribution in [-0.4, -0.2) is 6.21 Å². The summed E-state index contributed by atoms with van der Waals surface area (Å²) in [7, 11) is 0. The summed E-state index contributed by atoms with van der Waals surface area (Å²) < 4.78 is 0. The van der Waals surface area contributed by atoms with Gasteiger partial charge in [-0.05, 0) is 12.0 Å². The lowest BCUT2D eigenvalue weighted by Crippen LogP contribution is -2.24. The molecule has 2 nitrogen and oxygen atoms in total. The first-order chi connectivity index (χ1) is 4.65. The zero-order valence-corrected chi connectivity index (χ0v) is 6.66. The van der Waals surface area contributed by atoms with Gasteiger partial charge in [-0.15, -0.1) is 0 Å². The number of allylic oxidation sites excluding steroid dienone is 1. The topological polar surface area (TPSA) is 21.6 Å². The zero-order valence-electron chi connectivity index (χ0n) is 6.66. The fraction of sp³-hybridized carbons (Fsp3) is 0.625. The number of hydrogen-bond donors (Lipinski definition) is 0. The molecule has 1 atom stereocenters. The minimum absolute atomic E-state index is 0.0816. The van der Waals surface area contributed by atoms with E-state index >= 15 is 0 Å². The maximum absolute atomic E-state index is 4.70. The Bertz CT molecular complexity index is 158. The van der Waals surface area contributed by atoms with Crippen LogP contribution in [0.25, 0.3) is 0 Å². The van der Waals surface area contributed by atoms with E-state index in [0.29, 0.717) is 5.92 Å². The Kier molecular flexibility index (Phi) is 1.79. The number of rotatable bonds is 1. The van der Waals surface area contributed by atoms with Crippen molar-refractivity contribution in [1.29, 1.82) is 0 Å². The van der Waals surface area contributed by atoms with Gasteiger partial charge in [-0.25, -0.2) is 0 Å². The van der Waals surface area contributed by atoms with Crippen LogP contribution in [0, 0.1) is 11.3 Å². The SMILES string of the molecule is CC(C)C1(C)C=CON=C1. The Labute approximate surface area is 61.6 Å². The van der Waals surface area contributed by atoms with Gasteiger partial charge in [0, 0.05) is 5.41 Å². The smallest absolute Gasteiger partial charge is 0.119 e. The van der Waals surface area contributed by atoms with Crippen molar-refractivity contribution >= 4 is 6.21 Å². The van der Waals surface area contributed by atoms with E-state index in [1.165, 1.54) is 0 Å². The molecule has 0 radical (unpaired) electrons. The van der Waals surface area contributed by atoms with Crippen LogP contribution < -0.4 is 0 Å². The van der Waals surface area contributed by atoms with Gasteiger partial charge in [-0.3, -0.25) is 0 Å². The van der Waals surface area contributed by atoms with Gasteiger partial charge in [0.25, 0.3) is 0 Å². The Morgan fingerprint density at radius 1 is 1.50 bits per heavy atom.